The fraction of sp³-hybridized carbons (Fsp3) is 0.500. The van der Waals surface area contributed by atoms with E-state index in [1.54, 1.807) is 0 Å². The van der Waals surface area contributed by atoms with Crippen LogP contribution in [-0.2, 0) is 20.9 Å². The van der Waals surface area contributed by atoms with Crippen molar-refractivity contribution in [3.8, 4) is 0 Å². The second kappa shape index (κ2) is 11.0. The molecule has 0 spiro atoms. The van der Waals surface area contributed by atoms with E-state index in [1.165, 1.54) is 37.7 Å². The Labute approximate surface area is 197 Å². The van der Waals surface area contributed by atoms with Crippen molar-refractivity contribution in [2.45, 2.75) is 70.7 Å². The molecule has 5 heteroatoms. The molecule has 2 aromatic rings. The molecule has 1 saturated carbocycles. The quantitative estimate of drug-likeness (QED) is 0.439. The Morgan fingerprint density at radius 3 is 2.24 bits per heavy atom. The SMILES string of the molecule is CC(C)[C@@H](NC(=O)C1C(c2ccccc2)N1CC1CCCCC1)C(=O)OCc1ccccc1. The van der Waals surface area contributed by atoms with E-state index in [2.05, 4.69) is 22.3 Å². The Hall–Kier alpha value is -2.66. The third-order valence-corrected chi connectivity index (χ3v) is 6.97. The van der Waals surface area contributed by atoms with Crippen LogP contribution < -0.4 is 5.32 Å². The first kappa shape index (κ1) is 23.5. The van der Waals surface area contributed by atoms with Gasteiger partial charge < -0.3 is 10.1 Å². The highest BCUT2D eigenvalue weighted by Crippen LogP contribution is 2.45. The van der Waals surface area contributed by atoms with E-state index >= 15 is 0 Å². The standard InChI is InChI=1S/C28H36N2O3/c1-20(2)24(28(32)33-19-22-14-8-4-9-15-22)29-27(31)26-25(23-16-10-5-11-17-23)30(26)18-21-12-6-3-7-13-21/h4-5,8-11,14-17,20-21,24-26H,3,6-7,12-13,18-19H2,1-2H3,(H,29,31)/t24-,25?,26?,30?/m1/s1. The van der Waals surface area contributed by atoms with Crippen LogP contribution in [0.1, 0.15) is 63.1 Å². The van der Waals surface area contributed by atoms with Gasteiger partial charge in [0.15, 0.2) is 0 Å². The number of hydrogen-bond donors (Lipinski definition) is 1. The second-order valence-electron chi connectivity index (χ2n) is 9.82. The minimum Gasteiger partial charge on any atom is -0.459 e. The molecule has 1 saturated heterocycles. The number of hydrogen-bond acceptors (Lipinski definition) is 4. The van der Waals surface area contributed by atoms with E-state index < -0.39 is 6.04 Å². The fourth-order valence-electron chi connectivity index (χ4n) is 5.04. The van der Waals surface area contributed by atoms with Crippen LogP contribution >= 0.6 is 0 Å². The Bertz CT molecular complexity index is 909. The van der Waals surface area contributed by atoms with Crippen LogP contribution in [0.3, 0.4) is 0 Å². The number of carbonyl (C=O) groups is 2. The molecule has 176 valence electrons. The fourth-order valence-corrected chi connectivity index (χ4v) is 5.04. The van der Waals surface area contributed by atoms with Crippen LogP contribution in [0.25, 0.3) is 0 Å². The highest BCUT2D eigenvalue weighted by Gasteiger charge is 2.54. The van der Waals surface area contributed by atoms with Crippen molar-refractivity contribution in [2.24, 2.45) is 11.8 Å². The van der Waals surface area contributed by atoms with Gasteiger partial charge in [0.25, 0.3) is 0 Å². The number of rotatable bonds is 9. The summed E-state index contributed by atoms with van der Waals surface area (Å²) in [7, 11) is 0. The van der Waals surface area contributed by atoms with E-state index in [-0.39, 0.29) is 36.5 Å². The van der Waals surface area contributed by atoms with E-state index in [0.717, 1.165) is 12.1 Å². The van der Waals surface area contributed by atoms with Gasteiger partial charge in [0.05, 0.1) is 6.04 Å². The molecule has 0 aromatic heterocycles. The zero-order chi connectivity index (χ0) is 23.2. The first-order valence-electron chi connectivity index (χ1n) is 12.4. The average Bonchev–Trinajstić information content (AvgIpc) is 3.56. The molecule has 4 atom stereocenters. The second-order valence-corrected chi connectivity index (χ2v) is 9.82. The summed E-state index contributed by atoms with van der Waals surface area (Å²) >= 11 is 0. The lowest BCUT2D eigenvalue weighted by Gasteiger charge is -2.23. The van der Waals surface area contributed by atoms with Gasteiger partial charge in [0.1, 0.15) is 18.7 Å². The first-order chi connectivity index (χ1) is 16.0. The van der Waals surface area contributed by atoms with Crippen LogP contribution in [0.2, 0.25) is 0 Å². The predicted octanol–water partition coefficient (Wildman–Crippen LogP) is 4.88. The molecule has 1 N–H and O–H groups in total. The van der Waals surface area contributed by atoms with Crippen molar-refractivity contribution >= 4 is 11.9 Å². The summed E-state index contributed by atoms with van der Waals surface area (Å²) in [4.78, 5) is 28.5. The smallest absolute Gasteiger partial charge is 0.329 e. The summed E-state index contributed by atoms with van der Waals surface area (Å²) in [6.45, 7) is 5.04. The summed E-state index contributed by atoms with van der Waals surface area (Å²) in [6.07, 6.45) is 6.38. The molecule has 0 radical (unpaired) electrons. The van der Waals surface area contributed by atoms with E-state index in [9.17, 15) is 9.59 Å². The van der Waals surface area contributed by atoms with Crippen molar-refractivity contribution < 1.29 is 14.3 Å². The Kier molecular flexibility index (Phi) is 7.81. The van der Waals surface area contributed by atoms with Crippen LogP contribution in [0.5, 0.6) is 0 Å². The molecule has 1 amide bonds. The molecule has 2 aromatic carbocycles. The summed E-state index contributed by atoms with van der Waals surface area (Å²) in [5.74, 6) is 0.144. The normalized spacial score (nSPS) is 23.7. The zero-order valence-corrected chi connectivity index (χ0v) is 19.8. The number of esters is 1. The largest absolute Gasteiger partial charge is 0.459 e. The summed E-state index contributed by atoms with van der Waals surface area (Å²) < 4.78 is 5.55. The predicted molar refractivity (Wildman–Crippen MR) is 129 cm³/mol. The van der Waals surface area contributed by atoms with Crippen molar-refractivity contribution in [3.63, 3.8) is 0 Å². The third-order valence-electron chi connectivity index (χ3n) is 6.97. The molecule has 1 heterocycles. The van der Waals surface area contributed by atoms with E-state index in [0.29, 0.717) is 5.92 Å². The van der Waals surface area contributed by atoms with Gasteiger partial charge in [0.2, 0.25) is 5.91 Å². The van der Waals surface area contributed by atoms with Crippen LogP contribution in [0, 0.1) is 11.8 Å². The highest BCUT2D eigenvalue weighted by atomic mass is 16.5. The highest BCUT2D eigenvalue weighted by molar-refractivity contribution is 5.90. The average molecular weight is 449 g/mol. The number of carbonyl (C=O) groups excluding carboxylic acids is 2. The zero-order valence-electron chi connectivity index (χ0n) is 19.8. The topological polar surface area (TPSA) is 58.4 Å². The molecule has 4 rings (SSSR count). The van der Waals surface area contributed by atoms with Crippen molar-refractivity contribution in [1.29, 1.82) is 0 Å². The van der Waals surface area contributed by atoms with Crippen molar-refractivity contribution in [3.05, 3.63) is 71.8 Å². The maximum atomic E-state index is 13.4. The Balaban J connectivity index is 1.41. The summed E-state index contributed by atoms with van der Waals surface area (Å²) in [5, 5.41) is 3.03. The summed E-state index contributed by atoms with van der Waals surface area (Å²) in [5.41, 5.74) is 2.10. The maximum Gasteiger partial charge on any atom is 0.329 e. The minimum absolute atomic E-state index is 0.0575. The molecule has 33 heavy (non-hydrogen) atoms. The van der Waals surface area contributed by atoms with E-state index in [4.69, 9.17) is 4.74 Å². The molecule has 5 nitrogen and oxygen atoms in total. The maximum absolute atomic E-state index is 13.4. The lowest BCUT2D eigenvalue weighted by Crippen LogP contribution is -2.47. The lowest BCUT2D eigenvalue weighted by molar-refractivity contribution is -0.150. The lowest BCUT2D eigenvalue weighted by atomic mass is 9.89. The number of ether oxygens (including phenoxy) is 1. The molecule has 2 aliphatic rings. The molecular formula is C28H36N2O3. The molecule has 2 fully saturated rings. The molecular weight excluding hydrogens is 412 g/mol. The minimum atomic E-state index is -0.658. The van der Waals surface area contributed by atoms with Gasteiger partial charge in [-0.25, -0.2) is 4.79 Å². The number of nitrogens with one attached hydrogen (secondary N) is 1. The molecule has 1 aliphatic heterocycles. The van der Waals surface area contributed by atoms with Crippen LogP contribution in [0.4, 0.5) is 0 Å². The van der Waals surface area contributed by atoms with E-state index in [1.807, 2.05) is 62.4 Å². The van der Waals surface area contributed by atoms with Gasteiger partial charge in [-0.1, -0.05) is 93.8 Å². The molecule has 3 unspecified atom stereocenters. The number of nitrogens with zero attached hydrogens (tertiary/aromatic N) is 1. The Morgan fingerprint density at radius 2 is 1.61 bits per heavy atom. The van der Waals surface area contributed by atoms with Gasteiger partial charge in [-0.2, -0.15) is 0 Å². The van der Waals surface area contributed by atoms with Gasteiger partial charge >= 0.3 is 5.97 Å². The van der Waals surface area contributed by atoms with Gasteiger partial charge in [0, 0.05) is 6.54 Å². The number of benzene rings is 2. The van der Waals surface area contributed by atoms with Crippen molar-refractivity contribution in [1.82, 2.24) is 10.2 Å². The number of amides is 1. The first-order valence-corrected chi connectivity index (χ1v) is 12.4. The van der Waals surface area contributed by atoms with Gasteiger partial charge in [-0.05, 0) is 35.8 Å². The monoisotopic (exact) mass is 448 g/mol. The molecule has 0 bridgehead atoms. The van der Waals surface area contributed by atoms with Crippen molar-refractivity contribution in [2.75, 3.05) is 6.54 Å². The third kappa shape index (κ3) is 6.02. The Morgan fingerprint density at radius 1 is 0.970 bits per heavy atom. The van der Waals surface area contributed by atoms with Gasteiger partial charge in [-0.3, -0.25) is 9.69 Å². The summed E-state index contributed by atoms with van der Waals surface area (Å²) in [6, 6.07) is 19.1. The van der Waals surface area contributed by atoms with Gasteiger partial charge in [-0.15, -0.1) is 0 Å². The van der Waals surface area contributed by atoms with Crippen LogP contribution in [-0.4, -0.2) is 35.4 Å². The molecule has 1 aliphatic carbocycles. The van der Waals surface area contributed by atoms with Crippen LogP contribution in [0.15, 0.2) is 60.7 Å².